The lowest BCUT2D eigenvalue weighted by atomic mass is 9.98. The summed E-state index contributed by atoms with van der Waals surface area (Å²) >= 11 is 0. The number of alkyl carbamates (subject to hydrolysis) is 1. The number of carboxylic acids is 1. The van der Waals surface area contributed by atoms with E-state index in [0.29, 0.717) is 0 Å². The number of carbonyl (C=O) groups excluding carboxylic acids is 3. The zero-order valence-electron chi connectivity index (χ0n) is 20.1. The number of carbonyl (C=O) groups is 4. The van der Waals surface area contributed by atoms with Crippen molar-refractivity contribution in [3.8, 4) is 11.1 Å². The molecule has 9 nitrogen and oxygen atoms in total. The molecule has 186 valence electrons. The van der Waals surface area contributed by atoms with Gasteiger partial charge in [-0.2, -0.15) is 0 Å². The van der Waals surface area contributed by atoms with E-state index in [1.807, 2.05) is 48.5 Å². The molecule has 0 saturated heterocycles. The Morgan fingerprint density at radius 1 is 1.00 bits per heavy atom. The third-order valence-corrected chi connectivity index (χ3v) is 6.04. The van der Waals surface area contributed by atoms with Gasteiger partial charge in [0.2, 0.25) is 11.8 Å². The Morgan fingerprint density at radius 2 is 1.57 bits per heavy atom. The maximum atomic E-state index is 12.7. The minimum atomic E-state index is -1.14. The number of fused-ring (bicyclic) bond motifs is 3. The van der Waals surface area contributed by atoms with Crippen LogP contribution in [-0.2, 0) is 19.1 Å². The standard InChI is InChI=1S/C26H31N3O6/c1-4-29(14-23(31)32)22(30)13-27-25(33)24(16(2)3)28-26(34)35-15-21-19-11-7-5-9-17(19)18-10-6-8-12-20(18)21/h5-12,16,21,24H,4,13-15H2,1-3H3,(H,27,33)(H,28,34)(H,31,32)/t24-/m0/s1. The van der Waals surface area contributed by atoms with Crippen LogP contribution in [0.2, 0.25) is 0 Å². The van der Waals surface area contributed by atoms with Crippen molar-refractivity contribution < 1.29 is 29.0 Å². The molecule has 35 heavy (non-hydrogen) atoms. The summed E-state index contributed by atoms with van der Waals surface area (Å²) in [5.41, 5.74) is 4.40. The molecule has 0 radical (unpaired) electrons. The predicted molar refractivity (Wildman–Crippen MR) is 130 cm³/mol. The fraction of sp³-hybridized carbons (Fsp3) is 0.385. The second-order valence-corrected chi connectivity index (χ2v) is 8.71. The summed E-state index contributed by atoms with van der Waals surface area (Å²) in [6.07, 6.45) is -0.729. The van der Waals surface area contributed by atoms with Gasteiger partial charge in [0.15, 0.2) is 0 Å². The van der Waals surface area contributed by atoms with Crippen LogP contribution in [0, 0.1) is 5.92 Å². The number of ether oxygens (including phenoxy) is 1. The zero-order chi connectivity index (χ0) is 25.5. The summed E-state index contributed by atoms with van der Waals surface area (Å²) in [6.45, 7) is 4.68. The molecule has 1 aliphatic carbocycles. The molecule has 1 aliphatic rings. The van der Waals surface area contributed by atoms with Crippen LogP contribution in [-0.4, -0.2) is 66.2 Å². The van der Waals surface area contributed by atoms with Gasteiger partial charge in [0, 0.05) is 12.5 Å². The molecular formula is C26H31N3O6. The molecule has 0 heterocycles. The largest absolute Gasteiger partial charge is 0.480 e. The molecule has 0 bridgehead atoms. The molecule has 0 aliphatic heterocycles. The Morgan fingerprint density at radius 3 is 2.09 bits per heavy atom. The molecule has 9 heteroatoms. The number of hydrogen-bond donors (Lipinski definition) is 3. The van der Waals surface area contributed by atoms with Crippen molar-refractivity contribution in [2.24, 2.45) is 5.92 Å². The first-order valence-corrected chi connectivity index (χ1v) is 11.6. The molecule has 0 saturated carbocycles. The maximum Gasteiger partial charge on any atom is 0.407 e. The fourth-order valence-corrected chi connectivity index (χ4v) is 4.23. The van der Waals surface area contributed by atoms with Crippen LogP contribution in [0.25, 0.3) is 11.1 Å². The Hall–Kier alpha value is -3.88. The molecule has 3 rings (SSSR count). The lowest BCUT2D eigenvalue weighted by molar-refractivity contribution is -0.144. The Balaban J connectivity index is 1.58. The number of hydrogen-bond acceptors (Lipinski definition) is 5. The highest BCUT2D eigenvalue weighted by molar-refractivity contribution is 5.90. The van der Waals surface area contributed by atoms with E-state index in [0.717, 1.165) is 27.2 Å². The van der Waals surface area contributed by atoms with Gasteiger partial charge in [0.1, 0.15) is 19.2 Å². The molecule has 0 spiro atoms. The molecule has 0 unspecified atom stereocenters. The van der Waals surface area contributed by atoms with Gasteiger partial charge < -0.3 is 25.4 Å². The van der Waals surface area contributed by atoms with Crippen LogP contribution in [0.15, 0.2) is 48.5 Å². The van der Waals surface area contributed by atoms with Gasteiger partial charge in [-0.25, -0.2) is 4.79 Å². The van der Waals surface area contributed by atoms with Crippen molar-refractivity contribution in [3.05, 3.63) is 59.7 Å². The second kappa shape index (κ2) is 11.5. The minimum absolute atomic E-state index is 0.105. The highest BCUT2D eigenvalue weighted by Gasteiger charge is 2.30. The predicted octanol–water partition coefficient (Wildman–Crippen LogP) is 2.60. The number of benzene rings is 2. The number of nitrogens with zero attached hydrogens (tertiary/aromatic N) is 1. The summed E-state index contributed by atoms with van der Waals surface area (Å²) in [6, 6.07) is 15.1. The minimum Gasteiger partial charge on any atom is -0.480 e. The number of rotatable bonds is 10. The molecule has 2 aromatic rings. The first-order chi connectivity index (χ1) is 16.7. The van der Waals surface area contributed by atoms with Crippen molar-refractivity contribution in [2.75, 3.05) is 26.2 Å². The Labute approximate surface area is 204 Å². The van der Waals surface area contributed by atoms with Gasteiger partial charge in [-0.3, -0.25) is 14.4 Å². The van der Waals surface area contributed by atoms with Crippen molar-refractivity contribution >= 4 is 23.9 Å². The first-order valence-electron chi connectivity index (χ1n) is 11.6. The summed E-state index contributed by atoms with van der Waals surface area (Å²) < 4.78 is 5.52. The third-order valence-electron chi connectivity index (χ3n) is 6.04. The van der Waals surface area contributed by atoms with E-state index in [-0.39, 0.29) is 31.5 Å². The summed E-state index contributed by atoms with van der Waals surface area (Å²) in [4.78, 5) is 49.5. The number of nitrogens with one attached hydrogen (secondary N) is 2. The van der Waals surface area contributed by atoms with E-state index in [9.17, 15) is 19.2 Å². The third kappa shape index (κ3) is 6.17. The molecule has 0 aromatic heterocycles. The van der Waals surface area contributed by atoms with Crippen LogP contribution >= 0.6 is 0 Å². The van der Waals surface area contributed by atoms with Gasteiger partial charge >= 0.3 is 12.1 Å². The summed E-state index contributed by atoms with van der Waals surface area (Å²) in [5.74, 6) is -2.58. The molecule has 0 fully saturated rings. The van der Waals surface area contributed by atoms with E-state index >= 15 is 0 Å². The monoisotopic (exact) mass is 481 g/mol. The molecule has 1 atom stereocenters. The normalized spacial score (nSPS) is 12.9. The van der Waals surface area contributed by atoms with Gasteiger partial charge in [-0.15, -0.1) is 0 Å². The Bertz CT molecular complexity index is 1050. The summed E-state index contributed by atoms with van der Waals surface area (Å²) in [7, 11) is 0. The van der Waals surface area contributed by atoms with Crippen molar-refractivity contribution in [1.82, 2.24) is 15.5 Å². The lowest BCUT2D eigenvalue weighted by Gasteiger charge is -2.23. The van der Waals surface area contributed by atoms with Crippen LogP contribution in [0.1, 0.15) is 37.8 Å². The zero-order valence-corrected chi connectivity index (χ0v) is 20.1. The van der Waals surface area contributed by atoms with Crippen LogP contribution in [0.3, 0.4) is 0 Å². The second-order valence-electron chi connectivity index (χ2n) is 8.71. The number of amides is 3. The van der Waals surface area contributed by atoms with Crippen molar-refractivity contribution in [1.29, 1.82) is 0 Å². The average molecular weight is 482 g/mol. The highest BCUT2D eigenvalue weighted by Crippen LogP contribution is 2.44. The molecule has 3 amide bonds. The van der Waals surface area contributed by atoms with E-state index in [2.05, 4.69) is 10.6 Å². The van der Waals surface area contributed by atoms with Crippen molar-refractivity contribution in [3.63, 3.8) is 0 Å². The first kappa shape index (κ1) is 25.7. The maximum absolute atomic E-state index is 12.7. The average Bonchev–Trinajstić information content (AvgIpc) is 3.16. The van der Waals surface area contributed by atoms with Crippen LogP contribution in [0.4, 0.5) is 4.79 Å². The Kier molecular flexibility index (Phi) is 8.46. The molecule has 3 N–H and O–H groups in total. The van der Waals surface area contributed by atoms with Gasteiger partial charge in [0.05, 0.1) is 6.54 Å². The van der Waals surface area contributed by atoms with E-state index in [1.165, 1.54) is 0 Å². The van der Waals surface area contributed by atoms with Gasteiger partial charge in [0.25, 0.3) is 0 Å². The highest BCUT2D eigenvalue weighted by atomic mass is 16.5. The van der Waals surface area contributed by atoms with Crippen LogP contribution < -0.4 is 10.6 Å². The van der Waals surface area contributed by atoms with Crippen molar-refractivity contribution in [2.45, 2.75) is 32.7 Å². The topological polar surface area (TPSA) is 125 Å². The fourth-order valence-electron chi connectivity index (χ4n) is 4.23. The SMILES string of the molecule is CCN(CC(=O)O)C(=O)CNC(=O)[C@@H](NC(=O)OCC1c2ccccc2-c2ccccc21)C(C)C. The smallest absolute Gasteiger partial charge is 0.407 e. The number of aliphatic carboxylic acids is 1. The van der Waals surface area contributed by atoms with E-state index in [4.69, 9.17) is 9.84 Å². The van der Waals surface area contributed by atoms with E-state index in [1.54, 1.807) is 20.8 Å². The summed E-state index contributed by atoms with van der Waals surface area (Å²) in [5, 5.41) is 14.0. The molecular weight excluding hydrogens is 450 g/mol. The lowest BCUT2D eigenvalue weighted by Crippen LogP contribution is -2.52. The van der Waals surface area contributed by atoms with Crippen LogP contribution in [0.5, 0.6) is 0 Å². The van der Waals surface area contributed by atoms with Gasteiger partial charge in [-0.1, -0.05) is 62.4 Å². The molecule has 2 aromatic carbocycles. The quantitative estimate of drug-likeness (QED) is 0.479. The number of likely N-dealkylation sites (N-methyl/N-ethyl adjacent to an activating group) is 1. The van der Waals surface area contributed by atoms with Gasteiger partial charge in [-0.05, 0) is 35.1 Å². The van der Waals surface area contributed by atoms with E-state index < -0.39 is 36.5 Å². The number of carboxylic acid groups (broad SMARTS) is 1.